The van der Waals surface area contributed by atoms with E-state index in [1.165, 1.54) is 23.1 Å². The maximum atomic E-state index is 12.2. The topological polar surface area (TPSA) is 58.1 Å². The van der Waals surface area contributed by atoms with Gasteiger partial charge in [0.1, 0.15) is 0 Å². The van der Waals surface area contributed by atoms with E-state index in [4.69, 9.17) is 0 Å². The van der Waals surface area contributed by atoms with E-state index in [2.05, 4.69) is 22.4 Å². The summed E-state index contributed by atoms with van der Waals surface area (Å²) in [7, 11) is 1.83. The minimum atomic E-state index is 0.0922. The van der Waals surface area contributed by atoms with E-state index in [1.807, 2.05) is 37.4 Å². The number of hydrogen-bond donors (Lipinski definition) is 1. The lowest BCUT2D eigenvalue weighted by atomic mass is 10.2. The Labute approximate surface area is 145 Å². The van der Waals surface area contributed by atoms with Crippen molar-refractivity contribution in [1.29, 1.82) is 0 Å². The number of amides is 1. The van der Waals surface area contributed by atoms with Gasteiger partial charge in [0.25, 0.3) is 0 Å². The van der Waals surface area contributed by atoms with Crippen LogP contribution in [0.5, 0.6) is 0 Å². The molecule has 0 aliphatic heterocycles. The number of carbonyl (C=O) groups is 1. The summed E-state index contributed by atoms with van der Waals surface area (Å²) in [6, 6.07) is 9.99. The molecule has 1 amide bonds. The molecular weight excluding hydrogens is 328 g/mol. The van der Waals surface area contributed by atoms with Crippen LogP contribution in [0, 0.1) is 0 Å². The number of unbranched alkanes of at least 4 members (excludes halogenated alkanes) is 1. The number of hydrogen-bond acceptors (Lipinski definition) is 6. The molecule has 1 aromatic carbocycles. The first-order chi connectivity index (χ1) is 11.2. The summed E-state index contributed by atoms with van der Waals surface area (Å²) in [5.74, 6) is 0.474. The van der Waals surface area contributed by atoms with Crippen molar-refractivity contribution in [3.05, 3.63) is 35.9 Å². The Morgan fingerprint density at radius 3 is 2.83 bits per heavy atom. The lowest BCUT2D eigenvalue weighted by Crippen LogP contribution is -2.27. The van der Waals surface area contributed by atoms with Gasteiger partial charge in [0.15, 0.2) is 4.34 Å². The van der Waals surface area contributed by atoms with E-state index in [-0.39, 0.29) is 5.91 Å². The molecule has 0 saturated heterocycles. The predicted molar refractivity (Wildman–Crippen MR) is 96.9 cm³/mol. The average Bonchev–Trinajstić information content (AvgIpc) is 3.01. The molecule has 23 heavy (non-hydrogen) atoms. The fraction of sp³-hybridized carbons (Fsp3) is 0.438. The van der Waals surface area contributed by atoms with Crippen molar-refractivity contribution >= 4 is 34.1 Å². The quantitative estimate of drug-likeness (QED) is 0.554. The highest BCUT2D eigenvalue weighted by molar-refractivity contribution is 8.01. The molecule has 5 nitrogen and oxygen atoms in total. The summed E-state index contributed by atoms with van der Waals surface area (Å²) in [6.45, 7) is 3.69. The van der Waals surface area contributed by atoms with Crippen molar-refractivity contribution in [3.8, 4) is 0 Å². The summed E-state index contributed by atoms with van der Waals surface area (Å²) in [4.78, 5) is 13.9. The van der Waals surface area contributed by atoms with Gasteiger partial charge >= 0.3 is 0 Å². The van der Waals surface area contributed by atoms with Crippen molar-refractivity contribution in [2.75, 3.05) is 24.7 Å². The second kappa shape index (κ2) is 9.52. The summed E-state index contributed by atoms with van der Waals surface area (Å²) in [5.41, 5.74) is 1.13. The number of thioether (sulfide) groups is 1. The molecule has 0 aliphatic rings. The molecule has 124 valence electrons. The second-order valence-electron chi connectivity index (χ2n) is 5.18. The molecule has 0 aliphatic carbocycles. The molecule has 1 aromatic heterocycles. The molecule has 0 atom stereocenters. The van der Waals surface area contributed by atoms with Gasteiger partial charge in [0.05, 0.1) is 5.75 Å². The van der Waals surface area contributed by atoms with Gasteiger partial charge in [-0.3, -0.25) is 4.79 Å². The molecule has 1 heterocycles. The smallest absolute Gasteiger partial charge is 0.233 e. The average molecular weight is 351 g/mol. The molecule has 0 fully saturated rings. The van der Waals surface area contributed by atoms with Crippen LogP contribution in [0.2, 0.25) is 0 Å². The van der Waals surface area contributed by atoms with Gasteiger partial charge in [-0.05, 0) is 12.0 Å². The van der Waals surface area contributed by atoms with Crippen molar-refractivity contribution in [1.82, 2.24) is 15.1 Å². The van der Waals surface area contributed by atoms with Gasteiger partial charge in [0.2, 0.25) is 11.0 Å². The molecule has 0 radical (unpaired) electrons. The van der Waals surface area contributed by atoms with E-state index in [9.17, 15) is 4.79 Å². The van der Waals surface area contributed by atoms with E-state index in [0.717, 1.165) is 34.4 Å². The predicted octanol–water partition coefficient (Wildman–Crippen LogP) is 3.50. The van der Waals surface area contributed by atoms with Crippen LogP contribution in [0.1, 0.15) is 25.3 Å². The normalized spacial score (nSPS) is 10.5. The van der Waals surface area contributed by atoms with Gasteiger partial charge < -0.3 is 10.2 Å². The van der Waals surface area contributed by atoms with Crippen molar-refractivity contribution < 1.29 is 4.79 Å². The van der Waals surface area contributed by atoms with Gasteiger partial charge in [0, 0.05) is 20.1 Å². The number of anilines is 1. The third-order valence-corrected chi connectivity index (χ3v) is 5.22. The maximum absolute atomic E-state index is 12.2. The summed E-state index contributed by atoms with van der Waals surface area (Å²) in [5, 5.41) is 12.3. The van der Waals surface area contributed by atoms with Gasteiger partial charge in [-0.2, -0.15) is 0 Å². The van der Waals surface area contributed by atoms with Crippen LogP contribution in [0.4, 0.5) is 5.13 Å². The van der Waals surface area contributed by atoms with Crippen LogP contribution in [-0.2, 0) is 11.3 Å². The number of nitrogens with zero attached hydrogens (tertiary/aromatic N) is 3. The van der Waals surface area contributed by atoms with Gasteiger partial charge in [-0.15, -0.1) is 10.2 Å². The molecule has 0 unspecified atom stereocenters. The highest BCUT2D eigenvalue weighted by Gasteiger charge is 2.12. The van der Waals surface area contributed by atoms with Crippen LogP contribution >= 0.6 is 23.1 Å². The molecule has 7 heteroatoms. The largest absolute Gasteiger partial charge is 0.360 e. The minimum absolute atomic E-state index is 0.0922. The molecule has 2 aromatic rings. The molecule has 0 spiro atoms. The highest BCUT2D eigenvalue weighted by Crippen LogP contribution is 2.25. The van der Waals surface area contributed by atoms with Crippen molar-refractivity contribution in [2.45, 2.75) is 30.6 Å². The summed E-state index contributed by atoms with van der Waals surface area (Å²) < 4.78 is 0.824. The Kier molecular flexibility index (Phi) is 7.35. The van der Waals surface area contributed by atoms with Crippen LogP contribution < -0.4 is 5.32 Å². The Morgan fingerprint density at radius 1 is 1.30 bits per heavy atom. The van der Waals surface area contributed by atoms with E-state index in [0.29, 0.717) is 12.3 Å². The van der Waals surface area contributed by atoms with Crippen molar-refractivity contribution in [3.63, 3.8) is 0 Å². The number of benzene rings is 1. The minimum Gasteiger partial charge on any atom is -0.360 e. The lowest BCUT2D eigenvalue weighted by Gasteiger charge is -2.16. The van der Waals surface area contributed by atoms with Crippen LogP contribution in [-0.4, -0.2) is 40.3 Å². The Hall–Kier alpha value is -1.60. The molecule has 0 saturated carbocycles. The zero-order chi connectivity index (χ0) is 16.5. The first-order valence-electron chi connectivity index (χ1n) is 7.67. The fourth-order valence-corrected chi connectivity index (χ4v) is 3.61. The van der Waals surface area contributed by atoms with Crippen LogP contribution in [0.25, 0.3) is 0 Å². The third kappa shape index (κ3) is 6.19. The SMILES string of the molecule is CCCCNc1nnc(SCC(=O)N(C)Cc2ccccc2)s1. The van der Waals surface area contributed by atoms with Crippen LogP contribution in [0.3, 0.4) is 0 Å². The number of rotatable bonds is 9. The summed E-state index contributed by atoms with van der Waals surface area (Å²) in [6.07, 6.45) is 2.26. The van der Waals surface area contributed by atoms with Crippen molar-refractivity contribution in [2.24, 2.45) is 0 Å². The second-order valence-corrected chi connectivity index (χ2v) is 7.38. The number of aromatic nitrogens is 2. The third-order valence-electron chi connectivity index (χ3n) is 3.22. The number of carbonyl (C=O) groups excluding carboxylic acids is 1. The monoisotopic (exact) mass is 350 g/mol. The van der Waals surface area contributed by atoms with E-state index >= 15 is 0 Å². The van der Waals surface area contributed by atoms with Gasteiger partial charge in [-0.1, -0.05) is 66.8 Å². The standard InChI is InChI=1S/C16H22N4OS2/c1-3-4-10-17-15-18-19-16(23-15)22-12-14(21)20(2)11-13-8-6-5-7-9-13/h5-9H,3-4,10-12H2,1-2H3,(H,17,18). The Morgan fingerprint density at radius 2 is 2.09 bits per heavy atom. The highest BCUT2D eigenvalue weighted by atomic mass is 32.2. The first kappa shape index (κ1) is 17.7. The Bertz CT molecular complexity index is 603. The molecular formula is C16H22N4OS2. The maximum Gasteiger partial charge on any atom is 0.233 e. The lowest BCUT2D eigenvalue weighted by molar-refractivity contribution is -0.127. The zero-order valence-corrected chi connectivity index (χ0v) is 15.1. The fourth-order valence-electron chi connectivity index (χ4n) is 1.89. The van der Waals surface area contributed by atoms with E-state index in [1.54, 1.807) is 4.90 Å². The number of nitrogens with one attached hydrogen (secondary N) is 1. The summed E-state index contributed by atoms with van der Waals surface area (Å²) >= 11 is 2.94. The molecule has 1 N–H and O–H groups in total. The molecule has 0 bridgehead atoms. The van der Waals surface area contributed by atoms with Crippen LogP contribution in [0.15, 0.2) is 34.7 Å². The Balaban J connectivity index is 1.75. The zero-order valence-electron chi connectivity index (χ0n) is 13.5. The van der Waals surface area contributed by atoms with E-state index < -0.39 is 0 Å². The first-order valence-corrected chi connectivity index (χ1v) is 9.47. The molecule has 2 rings (SSSR count). The van der Waals surface area contributed by atoms with Gasteiger partial charge in [-0.25, -0.2) is 0 Å².